The second-order valence-corrected chi connectivity index (χ2v) is 10.1. The minimum atomic E-state index is -1.11. The van der Waals surface area contributed by atoms with Crippen molar-refractivity contribution in [3.8, 4) is 5.88 Å². The van der Waals surface area contributed by atoms with Crippen molar-refractivity contribution in [2.45, 2.75) is 19.3 Å². The maximum Gasteiger partial charge on any atom is 0.339 e. The van der Waals surface area contributed by atoms with Crippen molar-refractivity contribution in [3.63, 3.8) is 0 Å². The highest BCUT2D eigenvalue weighted by molar-refractivity contribution is 7.16. The highest BCUT2D eigenvalue weighted by Crippen LogP contribution is 2.35. The third kappa shape index (κ3) is 5.11. The molecule has 11 heteroatoms. The molecular formula is C26H22ClN5O4S. The van der Waals surface area contributed by atoms with Gasteiger partial charge in [0.15, 0.2) is 5.13 Å². The minimum Gasteiger partial charge on any atom is -0.492 e. The number of amides is 1. The lowest BCUT2D eigenvalue weighted by Crippen LogP contribution is -2.28. The van der Waals surface area contributed by atoms with E-state index >= 15 is 0 Å². The molecule has 37 heavy (non-hydrogen) atoms. The van der Waals surface area contributed by atoms with E-state index in [2.05, 4.69) is 25.6 Å². The van der Waals surface area contributed by atoms with Gasteiger partial charge in [-0.1, -0.05) is 35.4 Å². The number of aliphatic imine (C=N–C) groups is 1. The summed E-state index contributed by atoms with van der Waals surface area (Å²) in [5.41, 5.74) is 2.11. The average molecular weight is 536 g/mol. The summed E-state index contributed by atoms with van der Waals surface area (Å²) < 4.78 is 0. The molecule has 0 unspecified atom stereocenters. The number of anilines is 3. The van der Waals surface area contributed by atoms with E-state index in [4.69, 9.17) is 11.6 Å². The van der Waals surface area contributed by atoms with Crippen LogP contribution < -0.4 is 21.2 Å². The number of halogens is 1. The molecule has 2 heterocycles. The number of aromatic hydroxyl groups is 1. The van der Waals surface area contributed by atoms with Gasteiger partial charge < -0.3 is 20.8 Å². The van der Waals surface area contributed by atoms with Gasteiger partial charge in [-0.2, -0.15) is 4.98 Å². The lowest BCUT2D eigenvalue weighted by molar-refractivity contribution is -0.132. The normalized spacial score (nSPS) is 16.4. The number of nitrogens with one attached hydrogen (secondary N) is 2. The van der Waals surface area contributed by atoms with Crippen molar-refractivity contribution in [3.05, 3.63) is 74.2 Å². The Kier molecular flexibility index (Phi) is 6.77. The Morgan fingerprint density at radius 3 is 2.73 bits per heavy atom. The van der Waals surface area contributed by atoms with E-state index in [1.165, 1.54) is 24.6 Å². The molecule has 3 aromatic rings. The molecule has 1 fully saturated rings. The van der Waals surface area contributed by atoms with E-state index in [0.29, 0.717) is 48.3 Å². The molecule has 2 aromatic carbocycles. The first-order valence-corrected chi connectivity index (χ1v) is 12.7. The number of thiazole rings is 1. The molecular weight excluding hydrogens is 514 g/mol. The van der Waals surface area contributed by atoms with Crippen LogP contribution in [0, 0.1) is 5.92 Å². The maximum absolute atomic E-state index is 12.3. The number of hydrogen-bond acceptors (Lipinski definition) is 8. The number of nitrogens with zero attached hydrogens (tertiary/aromatic N) is 3. The molecule has 0 saturated heterocycles. The zero-order valence-electron chi connectivity index (χ0n) is 19.7. The summed E-state index contributed by atoms with van der Waals surface area (Å²) in [7, 11) is 1.53. The maximum atomic E-state index is 12.3. The number of carbonyl (C=O) groups excluding carboxylic acids is 1. The number of carboxylic acids is 1. The first-order valence-electron chi connectivity index (χ1n) is 11.5. The van der Waals surface area contributed by atoms with Gasteiger partial charge in [-0.3, -0.25) is 14.8 Å². The molecule has 9 nitrogen and oxygen atoms in total. The van der Waals surface area contributed by atoms with Gasteiger partial charge in [-0.25, -0.2) is 4.79 Å². The van der Waals surface area contributed by atoms with E-state index in [9.17, 15) is 19.8 Å². The second-order valence-electron chi connectivity index (χ2n) is 8.61. The molecule has 1 saturated carbocycles. The summed E-state index contributed by atoms with van der Waals surface area (Å²) in [4.78, 5) is 36.9. The first kappa shape index (κ1) is 24.7. The number of rotatable bonds is 6. The van der Waals surface area contributed by atoms with Crippen LogP contribution >= 0.6 is 22.9 Å². The average Bonchev–Trinajstić information content (AvgIpc) is 3.17. The lowest BCUT2D eigenvalue weighted by atomic mass is 9.85. The van der Waals surface area contributed by atoms with Gasteiger partial charge >= 0.3 is 5.97 Å². The molecule has 0 spiro atoms. The predicted octanol–water partition coefficient (Wildman–Crippen LogP) is 3.83. The molecule has 4 N–H and O–H groups in total. The second kappa shape index (κ2) is 10.2. The molecule has 0 radical (unpaired) electrons. The molecule has 1 aliphatic heterocycles. The number of fused-ring (bicyclic) bond motifs is 1. The zero-order chi connectivity index (χ0) is 26.1. The molecule has 0 atom stereocenters. The Hall–Kier alpha value is -4.02. The van der Waals surface area contributed by atoms with E-state index in [1.807, 2.05) is 6.07 Å². The minimum absolute atomic E-state index is 0.00314. The zero-order valence-corrected chi connectivity index (χ0v) is 21.2. The van der Waals surface area contributed by atoms with Gasteiger partial charge in [-0.15, -0.1) is 0 Å². The standard InChI is InChI=1S/C26H22ClN5O4S/c1-28-22-16-9-13(5-8-19(16)29-12-17(22)25(35)36)10-21-24(34)32-26(37-21)31-20-11-15(6-7-18(20)27)30-23(33)14-3-2-4-14/h5-12,14,34H,2-4H2,1H3,(H,30,33)(H,31,32)(H,35,36). The summed E-state index contributed by atoms with van der Waals surface area (Å²) >= 11 is 7.57. The molecule has 2 aliphatic rings. The van der Waals surface area contributed by atoms with Crippen molar-refractivity contribution in [2.24, 2.45) is 15.9 Å². The van der Waals surface area contributed by atoms with Crippen molar-refractivity contribution in [2.75, 3.05) is 17.7 Å². The Balaban J connectivity index is 1.40. The highest BCUT2D eigenvalue weighted by Gasteiger charge is 2.25. The van der Waals surface area contributed by atoms with Gasteiger partial charge in [0, 0.05) is 30.4 Å². The summed E-state index contributed by atoms with van der Waals surface area (Å²) in [6, 6.07) is 10.5. The molecule has 1 aliphatic carbocycles. The number of hydrogen-bond donors (Lipinski definition) is 4. The Labute approximate surface area is 220 Å². The fourth-order valence-corrected chi connectivity index (χ4v) is 5.03. The SMILES string of the molecule is CN=C1C(C(=O)O)=CN=c2ccc(=Cc3sc(Nc4cc(NC(=O)C5CCC5)ccc4Cl)nc3O)cc21. The monoisotopic (exact) mass is 535 g/mol. The lowest BCUT2D eigenvalue weighted by Gasteiger charge is -2.24. The summed E-state index contributed by atoms with van der Waals surface area (Å²) in [5.74, 6) is -1.21. The smallest absolute Gasteiger partial charge is 0.339 e. The summed E-state index contributed by atoms with van der Waals surface area (Å²) in [5, 5.41) is 28.1. The predicted molar refractivity (Wildman–Crippen MR) is 143 cm³/mol. The molecule has 1 amide bonds. The third-order valence-electron chi connectivity index (χ3n) is 6.20. The number of carboxylic acid groups (broad SMARTS) is 1. The van der Waals surface area contributed by atoms with Gasteiger partial charge in [0.05, 0.1) is 26.7 Å². The Bertz CT molecular complexity index is 1610. The number of aliphatic carboxylic acids is 1. The van der Waals surface area contributed by atoms with Crippen LogP contribution in [-0.2, 0) is 9.59 Å². The van der Waals surface area contributed by atoms with Crippen LogP contribution in [0.5, 0.6) is 5.88 Å². The topological polar surface area (TPSA) is 136 Å². The Morgan fingerprint density at radius 2 is 2.03 bits per heavy atom. The molecule has 0 bridgehead atoms. The molecule has 188 valence electrons. The van der Waals surface area contributed by atoms with Crippen LogP contribution in [0.4, 0.5) is 16.5 Å². The van der Waals surface area contributed by atoms with Crippen LogP contribution in [-0.4, -0.2) is 39.8 Å². The van der Waals surface area contributed by atoms with Crippen LogP contribution in [0.15, 0.2) is 58.2 Å². The van der Waals surface area contributed by atoms with E-state index in [1.54, 1.807) is 36.4 Å². The van der Waals surface area contributed by atoms with Gasteiger partial charge in [-0.05, 0) is 54.5 Å². The first-order chi connectivity index (χ1) is 17.8. The molecule has 5 rings (SSSR count). The quantitative estimate of drug-likeness (QED) is 0.378. The number of benzene rings is 2. The van der Waals surface area contributed by atoms with Gasteiger partial charge in [0.25, 0.3) is 0 Å². The van der Waals surface area contributed by atoms with E-state index in [-0.39, 0.29) is 23.3 Å². The number of aromatic nitrogens is 1. The van der Waals surface area contributed by atoms with Crippen LogP contribution in [0.2, 0.25) is 5.02 Å². The van der Waals surface area contributed by atoms with Gasteiger partial charge in [0.2, 0.25) is 11.8 Å². The number of carbonyl (C=O) groups is 2. The van der Waals surface area contributed by atoms with Crippen LogP contribution in [0.3, 0.4) is 0 Å². The van der Waals surface area contributed by atoms with Crippen molar-refractivity contribution in [1.82, 2.24) is 4.98 Å². The van der Waals surface area contributed by atoms with Gasteiger partial charge in [0.1, 0.15) is 5.57 Å². The third-order valence-corrected chi connectivity index (χ3v) is 7.44. The fourth-order valence-electron chi connectivity index (χ4n) is 4.03. The van der Waals surface area contributed by atoms with Crippen molar-refractivity contribution in [1.29, 1.82) is 0 Å². The Morgan fingerprint density at radius 1 is 1.22 bits per heavy atom. The van der Waals surface area contributed by atoms with E-state index in [0.717, 1.165) is 19.3 Å². The fraction of sp³-hybridized carbons (Fsp3) is 0.192. The largest absolute Gasteiger partial charge is 0.492 e. The summed E-state index contributed by atoms with van der Waals surface area (Å²) in [6.45, 7) is 0. The van der Waals surface area contributed by atoms with Crippen molar-refractivity contribution < 1.29 is 19.8 Å². The highest BCUT2D eigenvalue weighted by atomic mass is 35.5. The van der Waals surface area contributed by atoms with E-state index < -0.39 is 5.97 Å². The summed E-state index contributed by atoms with van der Waals surface area (Å²) in [6.07, 6.45) is 5.92. The molecule has 1 aromatic heterocycles. The van der Waals surface area contributed by atoms with Crippen molar-refractivity contribution >= 4 is 63.1 Å². The van der Waals surface area contributed by atoms with Crippen LogP contribution in [0.25, 0.3) is 6.08 Å². The van der Waals surface area contributed by atoms with Crippen LogP contribution in [0.1, 0.15) is 29.7 Å².